The molecule has 1 saturated heterocycles. The molecule has 36 heavy (non-hydrogen) atoms. The predicted octanol–water partition coefficient (Wildman–Crippen LogP) is 2.85. The number of rotatable bonds is 8. The van der Waals surface area contributed by atoms with E-state index in [9.17, 15) is 14.7 Å². The first kappa shape index (κ1) is 23.1. The number of carbonyl (C=O) groups excluding carboxylic acids is 2. The van der Waals surface area contributed by atoms with Crippen molar-refractivity contribution >= 4 is 17.5 Å². The Kier molecular flexibility index (Phi) is 6.18. The highest BCUT2D eigenvalue weighted by Gasteiger charge is 2.46. The van der Waals surface area contributed by atoms with Crippen LogP contribution in [0.2, 0.25) is 0 Å². The molecule has 1 saturated carbocycles. The van der Waals surface area contributed by atoms with Crippen LogP contribution in [0.4, 0.5) is 5.69 Å². The zero-order chi connectivity index (χ0) is 24.6. The summed E-state index contributed by atoms with van der Waals surface area (Å²) in [6.07, 6.45) is 2.37. The smallest absolute Gasteiger partial charge is 0.231 e. The lowest BCUT2D eigenvalue weighted by Crippen LogP contribution is -2.47. The third kappa shape index (κ3) is 4.85. The van der Waals surface area contributed by atoms with E-state index in [0.29, 0.717) is 36.8 Å². The van der Waals surface area contributed by atoms with Crippen LogP contribution >= 0.6 is 0 Å². The summed E-state index contributed by atoms with van der Waals surface area (Å²) in [6.45, 7) is 0.377. The highest BCUT2D eigenvalue weighted by molar-refractivity contribution is 5.91. The zero-order valence-electron chi connectivity index (χ0n) is 19.9. The monoisotopic (exact) mass is 494 g/mol. The predicted molar refractivity (Wildman–Crippen MR) is 129 cm³/mol. The van der Waals surface area contributed by atoms with Gasteiger partial charge in [-0.3, -0.25) is 9.59 Å². The summed E-state index contributed by atoms with van der Waals surface area (Å²) in [5.74, 6) is 2.51. The second-order valence-electron chi connectivity index (χ2n) is 10.0. The standard InChI is InChI=1S/C27H30N2O7/c30-13-24-27-20(19-9-17(4-6-21(19)36-27)29-26(32)8-15-1-2-15)10-18(35-24)11-25(31)28-12-16-3-5-22-23(7-16)34-14-33-22/h3-7,9,15,18,20,24,27,30H,1-2,8,10-14H2,(H,28,31)(H,29,32)/t18-,20-,24+,27+/m0/s1. The number of anilines is 1. The van der Waals surface area contributed by atoms with E-state index in [0.717, 1.165) is 35.4 Å². The van der Waals surface area contributed by atoms with Gasteiger partial charge < -0.3 is 34.7 Å². The number of amides is 2. The third-order valence-corrected chi connectivity index (χ3v) is 7.29. The van der Waals surface area contributed by atoms with E-state index in [1.54, 1.807) is 0 Å². The van der Waals surface area contributed by atoms with Crippen LogP contribution in [0.1, 0.15) is 49.1 Å². The van der Waals surface area contributed by atoms with E-state index in [2.05, 4.69) is 10.6 Å². The van der Waals surface area contributed by atoms with Crippen LogP contribution in [-0.2, 0) is 20.9 Å². The van der Waals surface area contributed by atoms with Crippen molar-refractivity contribution in [2.75, 3.05) is 18.7 Å². The van der Waals surface area contributed by atoms with E-state index < -0.39 is 6.10 Å². The lowest BCUT2D eigenvalue weighted by atomic mass is 9.84. The van der Waals surface area contributed by atoms with Crippen LogP contribution in [0.25, 0.3) is 0 Å². The Labute approximate surface area is 209 Å². The number of fused-ring (bicyclic) bond motifs is 4. The summed E-state index contributed by atoms with van der Waals surface area (Å²) in [4.78, 5) is 25.0. The average Bonchev–Trinajstić information content (AvgIpc) is 3.42. The van der Waals surface area contributed by atoms with Gasteiger partial charge in [-0.05, 0) is 61.1 Å². The summed E-state index contributed by atoms with van der Waals surface area (Å²) in [5.41, 5.74) is 2.64. The van der Waals surface area contributed by atoms with E-state index in [4.69, 9.17) is 18.9 Å². The zero-order valence-corrected chi connectivity index (χ0v) is 19.9. The second-order valence-corrected chi connectivity index (χ2v) is 10.0. The van der Waals surface area contributed by atoms with Gasteiger partial charge in [0.2, 0.25) is 18.6 Å². The van der Waals surface area contributed by atoms with Gasteiger partial charge in [-0.15, -0.1) is 0 Å². The molecule has 4 aliphatic rings. The molecule has 190 valence electrons. The van der Waals surface area contributed by atoms with Crippen LogP contribution in [0, 0.1) is 5.92 Å². The van der Waals surface area contributed by atoms with Gasteiger partial charge in [-0.1, -0.05) is 6.07 Å². The molecule has 3 aliphatic heterocycles. The molecule has 0 spiro atoms. The van der Waals surface area contributed by atoms with Crippen LogP contribution in [-0.4, -0.2) is 48.6 Å². The largest absolute Gasteiger partial charge is 0.487 e. The first-order valence-corrected chi connectivity index (χ1v) is 12.6. The summed E-state index contributed by atoms with van der Waals surface area (Å²) in [6, 6.07) is 11.3. The average molecular weight is 495 g/mol. The van der Waals surface area contributed by atoms with Crippen LogP contribution in [0.15, 0.2) is 36.4 Å². The van der Waals surface area contributed by atoms with Crippen molar-refractivity contribution < 1.29 is 33.6 Å². The molecule has 2 aromatic rings. The first-order valence-electron chi connectivity index (χ1n) is 12.6. The maximum atomic E-state index is 12.7. The highest BCUT2D eigenvalue weighted by atomic mass is 16.7. The lowest BCUT2D eigenvalue weighted by Gasteiger charge is -2.37. The Morgan fingerprint density at radius 1 is 0.972 bits per heavy atom. The van der Waals surface area contributed by atoms with E-state index in [-0.39, 0.29) is 49.8 Å². The SMILES string of the molecule is O=C(C[C@@H]1C[C@H]2c3cc(NC(=O)CC4CC4)ccc3O[C@H]2[C@@H](CO)O1)NCc1ccc2c(c1)OCO2. The maximum absolute atomic E-state index is 12.7. The van der Waals surface area contributed by atoms with Crippen molar-refractivity contribution in [3.8, 4) is 17.2 Å². The molecule has 2 aromatic carbocycles. The fourth-order valence-electron chi connectivity index (χ4n) is 5.29. The molecule has 3 heterocycles. The van der Waals surface area contributed by atoms with Crippen molar-refractivity contribution in [3.05, 3.63) is 47.5 Å². The normalized spacial score (nSPS) is 25.5. The van der Waals surface area contributed by atoms with E-state index in [1.165, 1.54) is 0 Å². The molecule has 4 atom stereocenters. The van der Waals surface area contributed by atoms with Crippen LogP contribution in [0.3, 0.4) is 0 Å². The van der Waals surface area contributed by atoms with Crippen molar-refractivity contribution in [1.29, 1.82) is 0 Å². The van der Waals surface area contributed by atoms with Gasteiger partial charge in [-0.25, -0.2) is 0 Å². The minimum atomic E-state index is -0.532. The minimum Gasteiger partial charge on any atom is -0.487 e. The number of nitrogens with one attached hydrogen (secondary N) is 2. The fourth-order valence-corrected chi connectivity index (χ4v) is 5.29. The van der Waals surface area contributed by atoms with Crippen molar-refractivity contribution in [3.63, 3.8) is 0 Å². The Balaban J connectivity index is 1.09. The molecule has 1 aliphatic carbocycles. The molecular weight excluding hydrogens is 464 g/mol. The topological polar surface area (TPSA) is 115 Å². The van der Waals surface area contributed by atoms with Gasteiger partial charge in [0.05, 0.1) is 19.1 Å². The van der Waals surface area contributed by atoms with Crippen molar-refractivity contribution in [2.45, 2.75) is 62.9 Å². The second kappa shape index (κ2) is 9.63. The van der Waals surface area contributed by atoms with Crippen molar-refractivity contribution in [2.24, 2.45) is 5.92 Å². The van der Waals surface area contributed by atoms with E-state index >= 15 is 0 Å². The van der Waals surface area contributed by atoms with Gasteiger partial charge in [0.25, 0.3) is 0 Å². The number of hydrogen-bond acceptors (Lipinski definition) is 7. The quantitative estimate of drug-likeness (QED) is 0.517. The van der Waals surface area contributed by atoms with Gasteiger partial charge in [0.15, 0.2) is 11.5 Å². The molecule has 0 radical (unpaired) electrons. The Bertz CT molecular complexity index is 1160. The summed E-state index contributed by atoms with van der Waals surface area (Å²) in [5, 5.41) is 15.9. The molecule has 2 fully saturated rings. The highest BCUT2D eigenvalue weighted by Crippen LogP contribution is 2.47. The Morgan fingerprint density at radius 3 is 2.64 bits per heavy atom. The maximum Gasteiger partial charge on any atom is 0.231 e. The number of ether oxygens (including phenoxy) is 4. The fraction of sp³-hybridized carbons (Fsp3) is 0.481. The Morgan fingerprint density at radius 2 is 1.81 bits per heavy atom. The molecule has 0 bridgehead atoms. The van der Waals surface area contributed by atoms with E-state index in [1.807, 2.05) is 36.4 Å². The Hall–Kier alpha value is -3.30. The molecule has 0 aromatic heterocycles. The molecule has 6 rings (SSSR count). The van der Waals surface area contributed by atoms with Gasteiger partial charge in [0.1, 0.15) is 18.0 Å². The summed E-state index contributed by atoms with van der Waals surface area (Å²) < 4.78 is 22.9. The van der Waals surface area contributed by atoms with Gasteiger partial charge in [0, 0.05) is 30.1 Å². The minimum absolute atomic E-state index is 0.0298. The van der Waals surface area contributed by atoms with Crippen LogP contribution < -0.4 is 24.8 Å². The summed E-state index contributed by atoms with van der Waals surface area (Å²) >= 11 is 0. The molecule has 2 amide bonds. The number of benzene rings is 2. The number of aliphatic hydroxyl groups is 1. The lowest BCUT2D eigenvalue weighted by molar-refractivity contribution is -0.142. The molecule has 0 unspecified atom stereocenters. The third-order valence-electron chi connectivity index (χ3n) is 7.29. The number of hydrogen-bond donors (Lipinski definition) is 3. The molecule has 3 N–H and O–H groups in total. The van der Waals surface area contributed by atoms with Crippen LogP contribution in [0.5, 0.6) is 17.2 Å². The molecule has 9 nitrogen and oxygen atoms in total. The number of carbonyl (C=O) groups is 2. The molecular formula is C27H30N2O7. The molecule has 9 heteroatoms. The summed E-state index contributed by atoms with van der Waals surface area (Å²) in [7, 11) is 0. The van der Waals surface area contributed by atoms with Gasteiger partial charge in [-0.2, -0.15) is 0 Å². The first-order chi connectivity index (χ1) is 17.6. The van der Waals surface area contributed by atoms with Crippen molar-refractivity contribution in [1.82, 2.24) is 5.32 Å². The number of aliphatic hydroxyl groups excluding tert-OH is 1. The van der Waals surface area contributed by atoms with Gasteiger partial charge >= 0.3 is 0 Å².